The van der Waals surface area contributed by atoms with Gasteiger partial charge in [-0.25, -0.2) is 0 Å². The van der Waals surface area contributed by atoms with Crippen LogP contribution < -0.4 is 10.9 Å². The van der Waals surface area contributed by atoms with E-state index in [0.29, 0.717) is 10.3 Å². The van der Waals surface area contributed by atoms with Gasteiger partial charge in [0.2, 0.25) is 0 Å². The third-order valence-electron chi connectivity index (χ3n) is 3.62. The van der Waals surface area contributed by atoms with Gasteiger partial charge in [-0.15, -0.1) is 0 Å². The summed E-state index contributed by atoms with van der Waals surface area (Å²) in [6, 6.07) is 9.51. The van der Waals surface area contributed by atoms with Crippen LogP contribution in [0.1, 0.15) is 32.0 Å². The Kier molecular flexibility index (Phi) is 4.28. The van der Waals surface area contributed by atoms with Gasteiger partial charge in [0.25, 0.3) is 5.56 Å². The molecule has 1 N–H and O–H groups in total. The number of hydrogen-bond acceptors (Lipinski definition) is 2. The molecule has 23 heavy (non-hydrogen) atoms. The van der Waals surface area contributed by atoms with Crippen molar-refractivity contribution < 1.29 is 13.2 Å². The van der Waals surface area contributed by atoms with Gasteiger partial charge >= 0.3 is 6.18 Å². The third kappa shape index (κ3) is 3.75. The molecular weight excluding hydrogens is 305 g/mol. The van der Waals surface area contributed by atoms with Gasteiger partial charge in [-0.1, -0.05) is 32.9 Å². The minimum Gasteiger partial charge on any atom is -0.351 e. The minimum absolute atomic E-state index is 0.00300. The summed E-state index contributed by atoms with van der Waals surface area (Å²) in [5, 5.41) is 2.87. The Balaban J connectivity index is 2.31. The first kappa shape index (κ1) is 17.1. The average molecular weight is 324 g/mol. The monoisotopic (exact) mass is 324 g/mol. The highest BCUT2D eigenvalue weighted by Gasteiger charge is 2.33. The molecule has 0 aliphatic heterocycles. The normalized spacial score (nSPS) is 12.3. The summed E-state index contributed by atoms with van der Waals surface area (Å²) in [5.74, 6) is 0. The predicted octanol–water partition coefficient (Wildman–Crippen LogP) is 4.45. The van der Waals surface area contributed by atoms with Gasteiger partial charge in [0, 0.05) is 12.7 Å². The molecule has 1 heterocycles. The molecule has 0 spiro atoms. The molecule has 3 nitrogen and oxygen atoms in total. The van der Waals surface area contributed by atoms with E-state index in [1.165, 1.54) is 0 Å². The number of alkyl halides is 3. The first-order chi connectivity index (χ1) is 10.5. The van der Waals surface area contributed by atoms with E-state index in [2.05, 4.69) is 26.1 Å². The lowest BCUT2D eigenvalue weighted by Crippen LogP contribution is -2.26. The van der Waals surface area contributed by atoms with Crippen molar-refractivity contribution in [2.24, 2.45) is 7.05 Å². The summed E-state index contributed by atoms with van der Waals surface area (Å²) >= 11 is 0. The molecule has 0 amide bonds. The van der Waals surface area contributed by atoms with Crippen molar-refractivity contribution in [1.29, 1.82) is 0 Å². The van der Waals surface area contributed by atoms with E-state index in [1.54, 1.807) is 12.1 Å². The maximum atomic E-state index is 12.8. The fourth-order valence-electron chi connectivity index (χ4n) is 2.22. The molecule has 2 rings (SSSR count). The van der Waals surface area contributed by atoms with Gasteiger partial charge in [-0.2, -0.15) is 13.2 Å². The van der Waals surface area contributed by atoms with Crippen LogP contribution in [0.25, 0.3) is 0 Å². The summed E-state index contributed by atoms with van der Waals surface area (Å²) in [6.07, 6.45) is -4.55. The molecule has 0 bridgehead atoms. The quantitative estimate of drug-likeness (QED) is 0.886. The van der Waals surface area contributed by atoms with Gasteiger partial charge < -0.3 is 9.88 Å². The lowest BCUT2D eigenvalue weighted by molar-refractivity contribution is -0.143. The fourth-order valence-corrected chi connectivity index (χ4v) is 2.22. The first-order valence-corrected chi connectivity index (χ1v) is 7.15. The number of halogens is 3. The highest BCUT2D eigenvalue weighted by molar-refractivity contribution is 5.59. The third-order valence-corrected chi connectivity index (χ3v) is 3.62. The standard InChI is InChI=1S/C17H19F3N2O/c1-16(2,3)11-5-7-12(8-6-11)21-13-9-10-14(17(18,19)20)22(4)15(13)23/h5-10,21H,1-4H3. The molecule has 0 fully saturated rings. The van der Waals surface area contributed by atoms with E-state index in [4.69, 9.17) is 0 Å². The van der Waals surface area contributed by atoms with Gasteiger partial charge in [0.15, 0.2) is 0 Å². The van der Waals surface area contributed by atoms with Gasteiger partial charge in [0.05, 0.1) is 0 Å². The van der Waals surface area contributed by atoms with Crippen molar-refractivity contribution in [1.82, 2.24) is 4.57 Å². The number of benzene rings is 1. The Bertz CT molecular complexity index is 753. The second kappa shape index (κ2) is 5.76. The molecular formula is C17H19F3N2O. The van der Waals surface area contributed by atoms with E-state index in [0.717, 1.165) is 24.7 Å². The maximum Gasteiger partial charge on any atom is 0.431 e. The lowest BCUT2D eigenvalue weighted by Gasteiger charge is -2.19. The van der Waals surface area contributed by atoms with Crippen molar-refractivity contribution in [3.05, 3.63) is 58.0 Å². The van der Waals surface area contributed by atoms with Crippen LogP contribution in [0.4, 0.5) is 24.5 Å². The second-order valence-corrected chi connectivity index (χ2v) is 6.45. The Labute approximate surface area is 132 Å². The van der Waals surface area contributed by atoms with E-state index >= 15 is 0 Å². The topological polar surface area (TPSA) is 34.0 Å². The zero-order chi connectivity index (χ0) is 17.4. The molecule has 0 atom stereocenters. The van der Waals surface area contributed by atoms with E-state index < -0.39 is 17.4 Å². The molecule has 0 saturated carbocycles. The van der Waals surface area contributed by atoms with Crippen LogP contribution in [-0.2, 0) is 18.6 Å². The highest BCUT2D eigenvalue weighted by atomic mass is 19.4. The molecule has 0 aliphatic carbocycles. The molecule has 1 aromatic heterocycles. The average Bonchev–Trinajstić information content (AvgIpc) is 2.42. The summed E-state index contributed by atoms with van der Waals surface area (Å²) in [4.78, 5) is 12.1. The summed E-state index contributed by atoms with van der Waals surface area (Å²) in [5.41, 5.74) is 0.182. The minimum atomic E-state index is -4.55. The van der Waals surface area contributed by atoms with Gasteiger partial charge in [-0.3, -0.25) is 4.79 Å². The van der Waals surface area contributed by atoms with Crippen molar-refractivity contribution in [2.45, 2.75) is 32.4 Å². The lowest BCUT2D eigenvalue weighted by atomic mass is 9.87. The van der Waals surface area contributed by atoms with Crippen LogP contribution in [0.15, 0.2) is 41.2 Å². The number of nitrogens with one attached hydrogen (secondary N) is 1. The number of aromatic nitrogens is 1. The fraction of sp³-hybridized carbons (Fsp3) is 0.353. The number of anilines is 2. The zero-order valence-electron chi connectivity index (χ0n) is 13.5. The summed E-state index contributed by atoms with van der Waals surface area (Å²) in [6.45, 7) is 6.25. The highest BCUT2D eigenvalue weighted by Crippen LogP contribution is 2.29. The summed E-state index contributed by atoms with van der Waals surface area (Å²) < 4.78 is 38.9. The van der Waals surface area contributed by atoms with Crippen LogP contribution in [0.5, 0.6) is 0 Å². The number of rotatable bonds is 2. The van der Waals surface area contributed by atoms with Gasteiger partial charge in [0.1, 0.15) is 11.4 Å². The molecule has 0 radical (unpaired) electrons. The van der Waals surface area contributed by atoms with Crippen LogP contribution >= 0.6 is 0 Å². The Morgan fingerprint density at radius 1 is 0.957 bits per heavy atom. The van der Waals surface area contributed by atoms with Crippen LogP contribution in [-0.4, -0.2) is 4.57 Å². The number of hydrogen-bond donors (Lipinski definition) is 1. The van der Waals surface area contributed by atoms with Crippen LogP contribution in [0, 0.1) is 0 Å². The zero-order valence-corrected chi connectivity index (χ0v) is 13.5. The molecule has 2 aromatic rings. The second-order valence-electron chi connectivity index (χ2n) is 6.45. The SMILES string of the molecule is Cn1c(C(F)(F)F)ccc(Nc2ccc(C(C)(C)C)cc2)c1=O. The van der Waals surface area contributed by atoms with Crippen LogP contribution in [0.2, 0.25) is 0 Å². The smallest absolute Gasteiger partial charge is 0.351 e. The molecule has 0 unspecified atom stereocenters. The van der Waals surface area contributed by atoms with Crippen molar-refractivity contribution in [3.63, 3.8) is 0 Å². The number of pyridine rings is 1. The Morgan fingerprint density at radius 2 is 1.52 bits per heavy atom. The number of nitrogens with zero attached hydrogens (tertiary/aromatic N) is 1. The van der Waals surface area contributed by atoms with Crippen molar-refractivity contribution in [2.75, 3.05) is 5.32 Å². The summed E-state index contributed by atoms with van der Waals surface area (Å²) in [7, 11) is 1.11. The van der Waals surface area contributed by atoms with Crippen LogP contribution in [0.3, 0.4) is 0 Å². The maximum absolute atomic E-state index is 12.8. The Hall–Kier alpha value is -2.24. The molecule has 124 valence electrons. The predicted molar refractivity (Wildman–Crippen MR) is 85.1 cm³/mol. The van der Waals surface area contributed by atoms with E-state index in [9.17, 15) is 18.0 Å². The van der Waals surface area contributed by atoms with Gasteiger partial charge in [-0.05, 0) is 35.2 Å². The largest absolute Gasteiger partial charge is 0.431 e. The molecule has 1 aromatic carbocycles. The van der Waals surface area contributed by atoms with Crippen molar-refractivity contribution >= 4 is 11.4 Å². The molecule has 0 aliphatic rings. The Morgan fingerprint density at radius 3 is 2.00 bits per heavy atom. The molecule has 6 heteroatoms. The van der Waals surface area contributed by atoms with E-state index in [-0.39, 0.29) is 11.1 Å². The van der Waals surface area contributed by atoms with E-state index in [1.807, 2.05) is 12.1 Å². The molecule has 0 saturated heterocycles. The first-order valence-electron chi connectivity index (χ1n) is 7.15. The van der Waals surface area contributed by atoms with Crippen molar-refractivity contribution in [3.8, 4) is 0 Å².